The Morgan fingerprint density at radius 1 is 1.18 bits per heavy atom. The highest BCUT2D eigenvalue weighted by Crippen LogP contribution is 2.46. The van der Waals surface area contributed by atoms with Crippen LogP contribution in [0.5, 0.6) is 0 Å². The first-order valence-electron chi connectivity index (χ1n) is 8.09. The third-order valence-electron chi connectivity index (χ3n) is 3.42. The molecule has 0 N–H and O–H groups in total. The number of hydrogen-bond donors (Lipinski definition) is 0. The molecule has 0 atom stereocenters. The Hall–Kier alpha value is -0.610. The molecule has 1 aliphatic heterocycles. The summed E-state index contributed by atoms with van der Waals surface area (Å²) in [5, 5.41) is 0. The fourth-order valence-electron chi connectivity index (χ4n) is 2.15. The summed E-state index contributed by atoms with van der Waals surface area (Å²) < 4.78 is 4.72. The average molecular weight is 341 g/mol. The number of carbonyl (C=O) groups excluding carboxylic acids is 1. The molecule has 1 aliphatic rings. The van der Waals surface area contributed by atoms with Crippen LogP contribution in [0.1, 0.15) is 45.4 Å². The lowest BCUT2D eigenvalue weighted by Gasteiger charge is -2.32. The zero-order valence-electron chi connectivity index (χ0n) is 13.8. The molecule has 1 saturated heterocycles. The van der Waals surface area contributed by atoms with E-state index in [1.807, 2.05) is 29.6 Å². The number of allylic oxidation sites excluding steroid dienone is 4. The molecule has 1 rings (SSSR count). The second-order valence-electron chi connectivity index (χ2n) is 5.28. The van der Waals surface area contributed by atoms with E-state index in [2.05, 4.69) is 29.9 Å². The number of esters is 1. The molecular formula is C18H28O2S2. The van der Waals surface area contributed by atoms with Gasteiger partial charge in [0.15, 0.2) is 0 Å². The van der Waals surface area contributed by atoms with E-state index in [-0.39, 0.29) is 10.0 Å². The highest BCUT2D eigenvalue weighted by molar-refractivity contribution is 8.19. The summed E-state index contributed by atoms with van der Waals surface area (Å²) in [5.74, 6) is 2.11. The Balaban J connectivity index is 2.52. The molecule has 1 fully saturated rings. The number of rotatable bonds is 9. The predicted molar refractivity (Wildman–Crippen MR) is 100 cm³/mol. The number of thioether (sulfide) groups is 2. The van der Waals surface area contributed by atoms with E-state index in [1.165, 1.54) is 56.8 Å². The van der Waals surface area contributed by atoms with Crippen molar-refractivity contribution in [1.29, 1.82) is 0 Å². The van der Waals surface area contributed by atoms with Crippen LogP contribution in [0.25, 0.3) is 0 Å². The molecule has 0 spiro atoms. The monoisotopic (exact) mass is 340 g/mol. The number of unbranched alkanes of at least 4 members (excludes halogenated alkanes) is 3. The third-order valence-corrected chi connectivity index (χ3v) is 6.70. The minimum absolute atomic E-state index is 0.125. The Bertz CT molecular complexity index is 394. The zero-order chi connectivity index (χ0) is 16.1. The Labute approximate surface area is 143 Å². The van der Waals surface area contributed by atoms with Crippen molar-refractivity contribution in [3.63, 3.8) is 0 Å². The van der Waals surface area contributed by atoms with Crippen molar-refractivity contribution < 1.29 is 9.53 Å². The lowest BCUT2D eigenvalue weighted by Crippen LogP contribution is -2.21. The van der Waals surface area contributed by atoms with Gasteiger partial charge in [-0.25, -0.2) is 4.79 Å². The normalized spacial score (nSPS) is 18.5. The van der Waals surface area contributed by atoms with Gasteiger partial charge in [0.1, 0.15) is 0 Å². The second-order valence-corrected chi connectivity index (χ2v) is 8.38. The Morgan fingerprint density at radius 3 is 2.64 bits per heavy atom. The molecule has 2 nitrogen and oxygen atoms in total. The van der Waals surface area contributed by atoms with E-state index in [0.29, 0.717) is 0 Å². The first-order valence-corrected chi connectivity index (χ1v) is 10.1. The summed E-state index contributed by atoms with van der Waals surface area (Å²) in [4.78, 5) is 11.1. The van der Waals surface area contributed by atoms with Crippen LogP contribution in [0.3, 0.4) is 0 Å². The standard InChI is InChI=1S/C18H28O2S2/c1-3-4-5-6-7-9-13-18(21-15-11-16-22-18)14-10-8-12-17(19)20-2/h7-10,12,14H,3-6,11,13,15-16H2,1-2H3/b9-7+,12-8+,14-10+. The van der Waals surface area contributed by atoms with Crippen molar-refractivity contribution >= 4 is 29.5 Å². The van der Waals surface area contributed by atoms with E-state index < -0.39 is 0 Å². The van der Waals surface area contributed by atoms with E-state index in [9.17, 15) is 4.79 Å². The van der Waals surface area contributed by atoms with Gasteiger partial charge in [-0.05, 0) is 37.2 Å². The predicted octanol–water partition coefficient (Wildman–Crippen LogP) is 5.36. The van der Waals surface area contributed by atoms with Crippen molar-refractivity contribution in [1.82, 2.24) is 0 Å². The zero-order valence-corrected chi connectivity index (χ0v) is 15.4. The van der Waals surface area contributed by atoms with Gasteiger partial charge in [0.05, 0.1) is 11.2 Å². The van der Waals surface area contributed by atoms with Crippen LogP contribution in [-0.2, 0) is 9.53 Å². The van der Waals surface area contributed by atoms with Crippen LogP contribution in [0.2, 0.25) is 0 Å². The third kappa shape index (κ3) is 8.14. The van der Waals surface area contributed by atoms with Crippen LogP contribution in [0.15, 0.2) is 36.5 Å². The summed E-state index contributed by atoms with van der Waals surface area (Å²) in [5.41, 5.74) is 0. The molecule has 0 bridgehead atoms. The summed E-state index contributed by atoms with van der Waals surface area (Å²) in [6.07, 6.45) is 19.5. The van der Waals surface area contributed by atoms with Crippen LogP contribution in [-0.4, -0.2) is 28.7 Å². The van der Waals surface area contributed by atoms with Gasteiger partial charge in [0.25, 0.3) is 0 Å². The van der Waals surface area contributed by atoms with Gasteiger partial charge in [0.2, 0.25) is 0 Å². The Kier molecular flexibility index (Phi) is 10.5. The van der Waals surface area contributed by atoms with E-state index in [4.69, 9.17) is 0 Å². The molecular weight excluding hydrogens is 312 g/mol. The minimum atomic E-state index is -0.307. The lowest BCUT2D eigenvalue weighted by molar-refractivity contribution is -0.134. The van der Waals surface area contributed by atoms with Gasteiger partial charge in [-0.3, -0.25) is 0 Å². The molecule has 0 aromatic carbocycles. The first-order chi connectivity index (χ1) is 10.7. The van der Waals surface area contributed by atoms with Crippen molar-refractivity contribution in [3.8, 4) is 0 Å². The van der Waals surface area contributed by atoms with Crippen LogP contribution < -0.4 is 0 Å². The average Bonchev–Trinajstić information content (AvgIpc) is 2.55. The molecule has 4 heteroatoms. The smallest absolute Gasteiger partial charge is 0.330 e. The van der Waals surface area contributed by atoms with Crippen molar-refractivity contribution in [2.24, 2.45) is 0 Å². The van der Waals surface area contributed by atoms with Gasteiger partial charge >= 0.3 is 5.97 Å². The quantitative estimate of drug-likeness (QED) is 0.185. The maximum Gasteiger partial charge on any atom is 0.330 e. The summed E-state index contributed by atoms with van der Waals surface area (Å²) in [7, 11) is 1.40. The molecule has 0 amide bonds. The molecule has 0 aromatic heterocycles. The highest BCUT2D eigenvalue weighted by Gasteiger charge is 2.29. The molecule has 22 heavy (non-hydrogen) atoms. The molecule has 124 valence electrons. The SMILES string of the molecule is CCCCC/C=C/CC1(/C=C/C=C/C(=O)OC)SCCCS1. The maximum absolute atomic E-state index is 11.1. The van der Waals surface area contributed by atoms with Gasteiger partial charge in [-0.2, -0.15) is 0 Å². The van der Waals surface area contributed by atoms with Gasteiger partial charge in [0, 0.05) is 6.08 Å². The lowest BCUT2D eigenvalue weighted by atomic mass is 10.2. The number of ether oxygens (including phenoxy) is 1. The van der Waals surface area contributed by atoms with Crippen LogP contribution in [0, 0.1) is 0 Å². The van der Waals surface area contributed by atoms with Crippen molar-refractivity contribution in [3.05, 3.63) is 36.5 Å². The fourth-order valence-corrected chi connectivity index (χ4v) is 5.22. The molecule has 1 heterocycles. The van der Waals surface area contributed by atoms with Gasteiger partial charge in [-0.15, -0.1) is 23.5 Å². The largest absolute Gasteiger partial charge is 0.466 e. The van der Waals surface area contributed by atoms with Crippen LogP contribution in [0.4, 0.5) is 0 Å². The van der Waals surface area contributed by atoms with E-state index >= 15 is 0 Å². The molecule has 0 saturated carbocycles. The minimum Gasteiger partial charge on any atom is -0.466 e. The Morgan fingerprint density at radius 2 is 1.95 bits per heavy atom. The first kappa shape index (κ1) is 19.4. The maximum atomic E-state index is 11.1. The number of hydrogen-bond acceptors (Lipinski definition) is 4. The molecule has 0 aliphatic carbocycles. The topological polar surface area (TPSA) is 26.3 Å². The summed E-state index contributed by atoms with van der Waals surface area (Å²) in [6.45, 7) is 2.24. The fraction of sp³-hybridized carbons (Fsp3) is 0.611. The number of carbonyl (C=O) groups is 1. The summed E-state index contributed by atoms with van der Waals surface area (Å²) >= 11 is 4.04. The number of methoxy groups -OCH3 is 1. The van der Waals surface area contributed by atoms with Crippen LogP contribution >= 0.6 is 23.5 Å². The van der Waals surface area contributed by atoms with Crippen molar-refractivity contribution in [2.75, 3.05) is 18.6 Å². The van der Waals surface area contributed by atoms with E-state index in [0.717, 1.165) is 6.42 Å². The van der Waals surface area contributed by atoms with E-state index in [1.54, 1.807) is 6.08 Å². The molecule has 0 aromatic rings. The van der Waals surface area contributed by atoms with Gasteiger partial charge in [-0.1, -0.05) is 50.1 Å². The van der Waals surface area contributed by atoms with Crippen molar-refractivity contribution in [2.45, 2.75) is 49.5 Å². The highest BCUT2D eigenvalue weighted by atomic mass is 32.2. The summed E-state index contributed by atoms with van der Waals surface area (Å²) in [6, 6.07) is 0. The van der Waals surface area contributed by atoms with Gasteiger partial charge < -0.3 is 4.74 Å². The molecule has 0 unspecified atom stereocenters. The molecule has 0 radical (unpaired) electrons. The second kappa shape index (κ2) is 11.9.